The monoisotopic (exact) mass is 347 g/mol. The SMILES string of the molecule is NS(=O)(=O)c1cccc(N2CCn3cc(C(F)(F)F)nc3C2)n1. The third kappa shape index (κ3) is 3.15. The highest BCUT2D eigenvalue weighted by molar-refractivity contribution is 7.89. The number of nitrogens with zero attached hydrogens (tertiary/aromatic N) is 4. The Labute approximate surface area is 129 Å². The number of halogens is 3. The van der Waals surface area contributed by atoms with E-state index in [1.165, 1.54) is 16.7 Å². The number of primary sulfonamides is 1. The fourth-order valence-electron chi connectivity index (χ4n) is 2.32. The van der Waals surface area contributed by atoms with Crippen molar-refractivity contribution in [2.24, 2.45) is 5.14 Å². The molecule has 0 fully saturated rings. The van der Waals surface area contributed by atoms with E-state index in [-0.39, 0.29) is 17.4 Å². The number of imidazole rings is 1. The Hall–Kier alpha value is -2.14. The van der Waals surface area contributed by atoms with Gasteiger partial charge in [-0.2, -0.15) is 13.2 Å². The Morgan fingerprint density at radius 3 is 2.57 bits per heavy atom. The lowest BCUT2D eigenvalue weighted by molar-refractivity contribution is -0.141. The van der Waals surface area contributed by atoms with Gasteiger partial charge in [-0.3, -0.25) is 0 Å². The van der Waals surface area contributed by atoms with Crippen LogP contribution in [-0.4, -0.2) is 29.5 Å². The van der Waals surface area contributed by atoms with Crippen molar-refractivity contribution >= 4 is 15.8 Å². The maximum Gasteiger partial charge on any atom is 0.434 e. The van der Waals surface area contributed by atoms with Gasteiger partial charge in [-0.25, -0.2) is 23.5 Å². The Balaban J connectivity index is 1.89. The predicted octanol–water partition coefficient (Wildman–Crippen LogP) is 0.965. The Kier molecular flexibility index (Phi) is 3.56. The maximum absolute atomic E-state index is 12.7. The van der Waals surface area contributed by atoms with Crippen molar-refractivity contribution in [3.63, 3.8) is 0 Å². The number of aromatic nitrogens is 3. The summed E-state index contributed by atoms with van der Waals surface area (Å²) in [4.78, 5) is 9.19. The summed E-state index contributed by atoms with van der Waals surface area (Å²) in [5.74, 6) is 0.561. The summed E-state index contributed by atoms with van der Waals surface area (Å²) in [6, 6.07) is 4.30. The first kappa shape index (κ1) is 15.7. The average molecular weight is 347 g/mol. The highest BCUT2D eigenvalue weighted by Gasteiger charge is 2.35. The number of nitrogens with two attached hydrogens (primary N) is 1. The summed E-state index contributed by atoms with van der Waals surface area (Å²) >= 11 is 0. The van der Waals surface area contributed by atoms with E-state index in [9.17, 15) is 21.6 Å². The van der Waals surface area contributed by atoms with E-state index in [0.29, 0.717) is 18.9 Å². The lowest BCUT2D eigenvalue weighted by atomic mass is 10.3. The fourth-order valence-corrected chi connectivity index (χ4v) is 2.81. The molecule has 0 radical (unpaired) electrons. The summed E-state index contributed by atoms with van der Waals surface area (Å²) in [7, 11) is -3.95. The standard InChI is InChI=1S/C12H12F3N5O2S/c13-12(14,15)8-6-19-4-5-20(7-10(19)17-8)9-2-1-3-11(18-9)23(16,21)22/h1-3,6H,4-5,7H2,(H2,16,21,22). The average Bonchev–Trinajstić information content (AvgIpc) is 2.89. The number of rotatable bonds is 2. The van der Waals surface area contributed by atoms with Crippen molar-refractivity contribution in [1.29, 1.82) is 0 Å². The third-order valence-electron chi connectivity index (χ3n) is 3.42. The predicted molar refractivity (Wildman–Crippen MR) is 73.9 cm³/mol. The molecule has 0 bridgehead atoms. The number of fused-ring (bicyclic) bond motifs is 1. The van der Waals surface area contributed by atoms with Gasteiger partial charge in [0.1, 0.15) is 11.6 Å². The molecule has 2 N–H and O–H groups in total. The first-order valence-corrected chi connectivity index (χ1v) is 8.07. The van der Waals surface area contributed by atoms with Crippen LogP contribution in [0.3, 0.4) is 0 Å². The number of alkyl halides is 3. The molecule has 3 rings (SSSR count). The van der Waals surface area contributed by atoms with Crippen LogP contribution in [0.4, 0.5) is 19.0 Å². The molecule has 1 aliphatic rings. The summed E-state index contributed by atoms with van der Waals surface area (Å²) < 4.78 is 62.2. The number of hydrogen-bond acceptors (Lipinski definition) is 5. The van der Waals surface area contributed by atoms with Gasteiger partial charge < -0.3 is 9.47 Å². The molecule has 11 heteroatoms. The van der Waals surface area contributed by atoms with E-state index in [0.717, 1.165) is 6.20 Å². The Bertz CT molecular complexity index is 847. The van der Waals surface area contributed by atoms with E-state index < -0.39 is 21.9 Å². The second-order valence-electron chi connectivity index (χ2n) is 5.03. The van der Waals surface area contributed by atoms with Gasteiger partial charge in [0, 0.05) is 19.3 Å². The van der Waals surface area contributed by atoms with Gasteiger partial charge in [0.15, 0.2) is 10.7 Å². The number of sulfonamides is 1. The van der Waals surface area contributed by atoms with Crippen LogP contribution in [0, 0.1) is 0 Å². The maximum atomic E-state index is 12.7. The molecule has 2 aromatic rings. The number of anilines is 1. The summed E-state index contributed by atoms with van der Waals surface area (Å²) in [5, 5.41) is 4.74. The van der Waals surface area contributed by atoms with Crippen LogP contribution >= 0.6 is 0 Å². The molecule has 124 valence electrons. The van der Waals surface area contributed by atoms with Crippen LogP contribution < -0.4 is 10.0 Å². The van der Waals surface area contributed by atoms with Gasteiger partial charge in [-0.05, 0) is 12.1 Å². The van der Waals surface area contributed by atoms with Gasteiger partial charge in [0.25, 0.3) is 10.0 Å². The number of hydrogen-bond donors (Lipinski definition) is 1. The van der Waals surface area contributed by atoms with Crippen LogP contribution in [0.25, 0.3) is 0 Å². The molecule has 0 spiro atoms. The van der Waals surface area contributed by atoms with Gasteiger partial charge in [0.05, 0.1) is 6.54 Å². The van der Waals surface area contributed by atoms with Crippen LogP contribution in [0.1, 0.15) is 11.5 Å². The summed E-state index contributed by atoms with van der Waals surface area (Å²) in [5.41, 5.74) is -0.944. The van der Waals surface area contributed by atoms with E-state index in [1.807, 2.05) is 0 Å². The highest BCUT2D eigenvalue weighted by atomic mass is 32.2. The van der Waals surface area contributed by atoms with Gasteiger partial charge in [-0.15, -0.1) is 0 Å². The normalized spacial score (nSPS) is 15.6. The summed E-state index contributed by atoms with van der Waals surface area (Å²) in [6.45, 7) is 0.762. The molecule has 0 aliphatic carbocycles. The molecular weight excluding hydrogens is 335 g/mol. The minimum atomic E-state index is -4.50. The van der Waals surface area contributed by atoms with E-state index in [2.05, 4.69) is 9.97 Å². The van der Waals surface area contributed by atoms with E-state index >= 15 is 0 Å². The topological polar surface area (TPSA) is 94.1 Å². The largest absolute Gasteiger partial charge is 0.434 e. The van der Waals surface area contributed by atoms with Crippen molar-refractivity contribution < 1.29 is 21.6 Å². The van der Waals surface area contributed by atoms with Crippen molar-refractivity contribution in [2.45, 2.75) is 24.3 Å². The van der Waals surface area contributed by atoms with Crippen LogP contribution in [0.15, 0.2) is 29.4 Å². The smallest absolute Gasteiger partial charge is 0.347 e. The molecular formula is C12H12F3N5O2S. The lowest BCUT2D eigenvalue weighted by Crippen LogP contribution is -2.34. The Morgan fingerprint density at radius 1 is 1.17 bits per heavy atom. The van der Waals surface area contributed by atoms with Crippen molar-refractivity contribution in [3.8, 4) is 0 Å². The van der Waals surface area contributed by atoms with Gasteiger partial charge in [0.2, 0.25) is 0 Å². The minimum Gasteiger partial charge on any atom is -0.347 e. The molecule has 7 nitrogen and oxygen atoms in total. The third-order valence-corrected chi connectivity index (χ3v) is 4.23. The second-order valence-corrected chi connectivity index (χ2v) is 6.54. The molecule has 0 unspecified atom stereocenters. The van der Waals surface area contributed by atoms with Crippen LogP contribution in [0.2, 0.25) is 0 Å². The zero-order valence-electron chi connectivity index (χ0n) is 11.7. The molecule has 3 heterocycles. The lowest BCUT2D eigenvalue weighted by Gasteiger charge is -2.28. The number of pyridine rings is 1. The zero-order chi connectivity index (χ0) is 16.8. The molecule has 1 aliphatic heterocycles. The molecule has 2 aromatic heterocycles. The quantitative estimate of drug-likeness (QED) is 0.873. The molecule has 0 atom stereocenters. The van der Waals surface area contributed by atoms with Crippen molar-refractivity contribution in [1.82, 2.24) is 14.5 Å². The molecule has 0 saturated carbocycles. The summed E-state index contributed by atoms with van der Waals surface area (Å²) in [6.07, 6.45) is -3.53. The highest BCUT2D eigenvalue weighted by Crippen LogP contribution is 2.30. The second kappa shape index (κ2) is 5.20. The Morgan fingerprint density at radius 2 is 1.91 bits per heavy atom. The fraction of sp³-hybridized carbons (Fsp3) is 0.333. The zero-order valence-corrected chi connectivity index (χ0v) is 12.5. The first-order chi connectivity index (χ1) is 10.6. The van der Waals surface area contributed by atoms with Crippen LogP contribution in [0.5, 0.6) is 0 Å². The van der Waals surface area contributed by atoms with Gasteiger partial charge >= 0.3 is 6.18 Å². The molecule has 23 heavy (non-hydrogen) atoms. The van der Waals surface area contributed by atoms with Crippen molar-refractivity contribution in [3.05, 3.63) is 35.9 Å². The van der Waals surface area contributed by atoms with Crippen molar-refractivity contribution in [2.75, 3.05) is 11.4 Å². The minimum absolute atomic E-state index is 0.0944. The first-order valence-electron chi connectivity index (χ1n) is 6.52. The molecule has 0 aromatic carbocycles. The van der Waals surface area contributed by atoms with Gasteiger partial charge in [-0.1, -0.05) is 6.07 Å². The van der Waals surface area contributed by atoms with Crippen LogP contribution in [-0.2, 0) is 29.3 Å². The molecule has 0 amide bonds. The van der Waals surface area contributed by atoms with E-state index in [1.54, 1.807) is 11.0 Å². The van der Waals surface area contributed by atoms with E-state index in [4.69, 9.17) is 5.14 Å². The molecule has 0 saturated heterocycles.